The SMILES string of the molecule is CC(=O)c1csc(NC(=O)[C@H](C(C)C)N(C=O)C(=O)N[C@@H](C)c2ccc(OCCO)cc2)n1. The number of urea groups is 1. The van der Waals surface area contributed by atoms with Gasteiger partial charge in [0.05, 0.1) is 12.6 Å². The Balaban J connectivity index is 2.09. The standard InChI is InChI=1S/C22H28N4O6S/c1-13(2)19(20(30)25-21-24-18(11-33-21)15(4)29)26(12-28)22(31)23-14(3)16-5-7-17(8-6-16)32-10-9-27/h5-8,11-14,19,27H,9-10H2,1-4H3,(H,23,31)(H,24,25,30)/t14-,19-/m0/s1. The summed E-state index contributed by atoms with van der Waals surface area (Å²) in [5.74, 6) is -0.628. The molecular weight excluding hydrogens is 448 g/mol. The number of aliphatic hydroxyl groups excluding tert-OH is 1. The topological polar surface area (TPSA) is 138 Å². The minimum absolute atomic E-state index is 0.0965. The number of ketones is 1. The Hall–Kier alpha value is -3.31. The van der Waals surface area contributed by atoms with E-state index in [9.17, 15) is 19.2 Å². The van der Waals surface area contributed by atoms with Gasteiger partial charge in [-0.15, -0.1) is 11.3 Å². The summed E-state index contributed by atoms with van der Waals surface area (Å²) in [5.41, 5.74) is 0.985. The molecule has 0 fully saturated rings. The summed E-state index contributed by atoms with van der Waals surface area (Å²) in [7, 11) is 0. The minimum Gasteiger partial charge on any atom is -0.491 e. The number of carbonyl (C=O) groups excluding carboxylic acids is 4. The largest absolute Gasteiger partial charge is 0.491 e. The van der Waals surface area contributed by atoms with E-state index in [-0.39, 0.29) is 35.7 Å². The maximum absolute atomic E-state index is 12.9. The van der Waals surface area contributed by atoms with E-state index in [0.717, 1.165) is 21.8 Å². The molecule has 10 nitrogen and oxygen atoms in total. The third-order valence-electron chi connectivity index (χ3n) is 4.72. The smallest absolute Gasteiger partial charge is 0.325 e. The number of nitrogens with one attached hydrogen (secondary N) is 2. The first-order valence-corrected chi connectivity index (χ1v) is 11.2. The van der Waals surface area contributed by atoms with Crippen LogP contribution in [0, 0.1) is 5.92 Å². The highest BCUT2D eigenvalue weighted by Gasteiger charge is 2.33. The number of Topliss-reactive ketones (excluding diaryl/α,β-unsaturated/α-hetero) is 1. The van der Waals surface area contributed by atoms with Gasteiger partial charge >= 0.3 is 6.03 Å². The highest BCUT2D eigenvalue weighted by Crippen LogP contribution is 2.21. The van der Waals surface area contributed by atoms with Gasteiger partial charge in [-0.1, -0.05) is 26.0 Å². The Morgan fingerprint density at radius 1 is 1.21 bits per heavy atom. The Labute approximate surface area is 196 Å². The molecule has 0 aliphatic heterocycles. The van der Waals surface area contributed by atoms with Gasteiger partial charge in [0.25, 0.3) is 0 Å². The summed E-state index contributed by atoms with van der Waals surface area (Å²) >= 11 is 1.08. The number of rotatable bonds is 11. The van der Waals surface area contributed by atoms with Gasteiger partial charge in [-0.25, -0.2) is 9.78 Å². The number of nitrogens with zero attached hydrogens (tertiary/aromatic N) is 2. The number of hydrogen-bond donors (Lipinski definition) is 3. The van der Waals surface area contributed by atoms with Crippen LogP contribution in [0.15, 0.2) is 29.6 Å². The fraction of sp³-hybridized carbons (Fsp3) is 0.409. The summed E-state index contributed by atoms with van der Waals surface area (Å²) in [6.45, 7) is 6.62. The first-order chi connectivity index (χ1) is 15.7. The molecule has 2 atom stereocenters. The van der Waals surface area contributed by atoms with Crippen LogP contribution in [-0.2, 0) is 9.59 Å². The van der Waals surface area contributed by atoms with Crippen LogP contribution in [0.5, 0.6) is 5.75 Å². The van der Waals surface area contributed by atoms with Crippen molar-refractivity contribution in [3.63, 3.8) is 0 Å². The molecule has 2 aromatic rings. The Kier molecular flexibility index (Phi) is 9.49. The second-order valence-corrected chi connectivity index (χ2v) is 8.46. The second-order valence-electron chi connectivity index (χ2n) is 7.60. The van der Waals surface area contributed by atoms with Crippen LogP contribution in [0.3, 0.4) is 0 Å². The average Bonchev–Trinajstić information content (AvgIpc) is 3.24. The van der Waals surface area contributed by atoms with Gasteiger partial charge in [0.1, 0.15) is 24.1 Å². The number of amides is 4. The molecule has 0 aliphatic rings. The van der Waals surface area contributed by atoms with E-state index < -0.39 is 24.0 Å². The second kappa shape index (κ2) is 12.1. The maximum Gasteiger partial charge on any atom is 0.325 e. The van der Waals surface area contributed by atoms with E-state index in [1.807, 2.05) is 0 Å². The molecular formula is C22H28N4O6S. The van der Waals surface area contributed by atoms with Gasteiger partial charge in [0.15, 0.2) is 10.9 Å². The monoisotopic (exact) mass is 476 g/mol. The lowest BCUT2D eigenvalue weighted by Gasteiger charge is -2.29. The molecule has 0 unspecified atom stereocenters. The van der Waals surface area contributed by atoms with Gasteiger partial charge in [-0.05, 0) is 30.5 Å². The molecule has 0 saturated heterocycles. The zero-order chi connectivity index (χ0) is 24.5. The molecule has 0 bridgehead atoms. The Morgan fingerprint density at radius 3 is 2.39 bits per heavy atom. The molecule has 1 aromatic heterocycles. The zero-order valence-corrected chi connectivity index (χ0v) is 19.7. The fourth-order valence-corrected chi connectivity index (χ4v) is 3.77. The zero-order valence-electron chi connectivity index (χ0n) is 18.9. The highest BCUT2D eigenvalue weighted by molar-refractivity contribution is 7.14. The predicted octanol–water partition coefficient (Wildman–Crippen LogP) is 2.61. The van der Waals surface area contributed by atoms with E-state index in [1.165, 1.54) is 12.3 Å². The summed E-state index contributed by atoms with van der Waals surface area (Å²) < 4.78 is 5.31. The Bertz CT molecular complexity index is 976. The minimum atomic E-state index is -1.09. The number of benzene rings is 1. The van der Waals surface area contributed by atoms with Crippen LogP contribution < -0.4 is 15.4 Å². The molecule has 3 N–H and O–H groups in total. The van der Waals surface area contributed by atoms with Crippen molar-refractivity contribution in [2.45, 2.75) is 39.8 Å². The maximum atomic E-state index is 12.9. The van der Waals surface area contributed by atoms with Gasteiger partial charge < -0.3 is 20.5 Å². The van der Waals surface area contributed by atoms with E-state index in [0.29, 0.717) is 12.2 Å². The molecule has 0 aliphatic carbocycles. The summed E-state index contributed by atoms with van der Waals surface area (Å²) in [4.78, 5) is 53.8. The van der Waals surface area contributed by atoms with Crippen molar-refractivity contribution in [3.05, 3.63) is 40.9 Å². The van der Waals surface area contributed by atoms with Crippen LogP contribution in [0.25, 0.3) is 0 Å². The first kappa shape index (κ1) is 25.9. The number of hydrogen-bond acceptors (Lipinski definition) is 8. The van der Waals surface area contributed by atoms with Crippen molar-refractivity contribution in [3.8, 4) is 5.75 Å². The number of carbonyl (C=O) groups is 4. The predicted molar refractivity (Wildman–Crippen MR) is 123 cm³/mol. The summed E-state index contributed by atoms with van der Waals surface area (Å²) in [6.07, 6.45) is 0.320. The molecule has 4 amide bonds. The van der Waals surface area contributed by atoms with Crippen LogP contribution in [0.2, 0.25) is 0 Å². The third-order valence-corrected chi connectivity index (χ3v) is 5.48. The lowest BCUT2D eigenvalue weighted by atomic mass is 10.0. The number of aromatic nitrogens is 1. The summed E-state index contributed by atoms with van der Waals surface area (Å²) in [5, 5.41) is 15.9. The number of aliphatic hydroxyl groups is 1. The number of thiazole rings is 1. The van der Waals surface area contributed by atoms with Crippen LogP contribution in [-0.4, -0.2) is 58.4 Å². The van der Waals surface area contributed by atoms with Crippen molar-refractivity contribution in [1.29, 1.82) is 0 Å². The van der Waals surface area contributed by atoms with Crippen molar-refractivity contribution >= 4 is 40.6 Å². The molecule has 11 heteroatoms. The molecule has 0 spiro atoms. The van der Waals surface area contributed by atoms with Gasteiger partial charge in [0.2, 0.25) is 12.3 Å². The average molecular weight is 477 g/mol. The van der Waals surface area contributed by atoms with Gasteiger partial charge in [-0.2, -0.15) is 0 Å². The van der Waals surface area contributed by atoms with Crippen LogP contribution >= 0.6 is 11.3 Å². The summed E-state index contributed by atoms with van der Waals surface area (Å²) in [6, 6.07) is 4.65. The molecule has 0 radical (unpaired) electrons. The van der Waals surface area contributed by atoms with Crippen molar-refractivity contribution in [2.24, 2.45) is 5.92 Å². The number of ether oxygens (including phenoxy) is 1. The van der Waals surface area contributed by atoms with E-state index in [1.54, 1.807) is 45.0 Å². The van der Waals surface area contributed by atoms with Crippen molar-refractivity contribution in [1.82, 2.24) is 15.2 Å². The van der Waals surface area contributed by atoms with Crippen LogP contribution in [0.1, 0.15) is 49.8 Å². The molecule has 2 rings (SSSR count). The number of imide groups is 1. The molecule has 1 heterocycles. The molecule has 178 valence electrons. The molecule has 0 saturated carbocycles. The van der Waals surface area contributed by atoms with E-state index in [4.69, 9.17) is 9.84 Å². The first-order valence-electron chi connectivity index (χ1n) is 10.3. The lowest BCUT2D eigenvalue weighted by molar-refractivity contribution is -0.128. The van der Waals surface area contributed by atoms with E-state index >= 15 is 0 Å². The van der Waals surface area contributed by atoms with Crippen LogP contribution in [0.4, 0.5) is 9.93 Å². The van der Waals surface area contributed by atoms with Crippen molar-refractivity contribution in [2.75, 3.05) is 18.5 Å². The van der Waals surface area contributed by atoms with Gasteiger partial charge in [-0.3, -0.25) is 19.3 Å². The molecule has 33 heavy (non-hydrogen) atoms. The number of anilines is 1. The normalized spacial score (nSPS) is 12.5. The van der Waals surface area contributed by atoms with E-state index in [2.05, 4.69) is 15.6 Å². The lowest BCUT2D eigenvalue weighted by Crippen LogP contribution is -2.53. The molecule has 1 aromatic carbocycles. The third kappa shape index (κ3) is 7.09. The highest BCUT2D eigenvalue weighted by atomic mass is 32.1. The fourth-order valence-electron chi connectivity index (χ4n) is 3.02. The Morgan fingerprint density at radius 2 is 1.88 bits per heavy atom. The quantitative estimate of drug-likeness (QED) is 0.335. The van der Waals surface area contributed by atoms with Gasteiger partial charge in [0, 0.05) is 12.3 Å². The van der Waals surface area contributed by atoms with Crippen molar-refractivity contribution < 1.29 is 29.0 Å².